The summed E-state index contributed by atoms with van der Waals surface area (Å²) < 4.78 is 0. The SMILES string of the molecule is CC(C)(C)c1ccc(CN2CCC[C@@H](c3[nH]ncc3C(N)=O)C2)s1. The van der Waals surface area contributed by atoms with E-state index in [1.54, 1.807) is 6.20 Å². The third kappa shape index (κ3) is 3.70. The van der Waals surface area contributed by atoms with E-state index >= 15 is 0 Å². The number of piperidine rings is 1. The van der Waals surface area contributed by atoms with E-state index in [0.29, 0.717) is 11.5 Å². The smallest absolute Gasteiger partial charge is 0.252 e. The fraction of sp³-hybridized carbons (Fsp3) is 0.556. The third-order valence-electron chi connectivity index (χ3n) is 4.63. The van der Waals surface area contributed by atoms with Gasteiger partial charge in [-0.1, -0.05) is 20.8 Å². The van der Waals surface area contributed by atoms with Crippen molar-refractivity contribution in [2.24, 2.45) is 5.73 Å². The number of aromatic nitrogens is 2. The maximum absolute atomic E-state index is 11.5. The second kappa shape index (κ2) is 6.69. The first-order valence-corrected chi connectivity index (χ1v) is 9.31. The zero-order valence-electron chi connectivity index (χ0n) is 14.6. The summed E-state index contributed by atoms with van der Waals surface area (Å²) in [6.45, 7) is 9.76. The number of nitrogens with two attached hydrogens (primary N) is 1. The molecule has 0 saturated carbocycles. The van der Waals surface area contributed by atoms with Gasteiger partial charge in [-0.25, -0.2) is 0 Å². The Morgan fingerprint density at radius 3 is 2.92 bits per heavy atom. The highest BCUT2D eigenvalue weighted by Gasteiger charge is 2.26. The van der Waals surface area contributed by atoms with Gasteiger partial charge in [0, 0.05) is 28.8 Å². The molecular weight excluding hydrogens is 320 g/mol. The number of primary amides is 1. The van der Waals surface area contributed by atoms with Gasteiger partial charge in [0.05, 0.1) is 17.5 Å². The molecule has 1 aliphatic rings. The Hall–Kier alpha value is -1.66. The van der Waals surface area contributed by atoms with Crippen molar-refractivity contribution in [3.63, 3.8) is 0 Å². The average Bonchev–Trinajstić information content (AvgIpc) is 3.15. The molecule has 0 spiro atoms. The monoisotopic (exact) mass is 346 g/mol. The van der Waals surface area contributed by atoms with Crippen LogP contribution in [0.4, 0.5) is 0 Å². The van der Waals surface area contributed by atoms with Crippen molar-refractivity contribution < 1.29 is 4.79 Å². The number of hydrogen-bond donors (Lipinski definition) is 2. The van der Waals surface area contributed by atoms with Crippen LogP contribution in [0.25, 0.3) is 0 Å². The normalized spacial score (nSPS) is 19.5. The van der Waals surface area contributed by atoms with Crippen LogP contribution in [0.5, 0.6) is 0 Å². The number of nitrogens with zero attached hydrogens (tertiary/aromatic N) is 2. The fourth-order valence-electron chi connectivity index (χ4n) is 3.32. The lowest BCUT2D eigenvalue weighted by Gasteiger charge is -2.32. The fourth-order valence-corrected chi connectivity index (χ4v) is 4.43. The van der Waals surface area contributed by atoms with Crippen molar-refractivity contribution in [3.8, 4) is 0 Å². The van der Waals surface area contributed by atoms with Crippen LogP contribution >= 0.6 is 11.3 Å². The Labute approximate surface area is 147 Å². The van der Waals surface area contributed by atoms with Gasteiger partial charge in [0.1, 0.15) is 0 Å². The molecular formula is C18H26N4OS. The lowest BCUT2D eigenvalue weighted by Crippen LogP contribution is -2.34. The van der Waals surface area contributed by atoms with Crippen LogP contribution < -0.4 is 5.73 Å². The van der Waals surface area contributed by atoms with Crippen LogP contribution in [-0.4, -0.2) is 34.1 Å². The van der Waals surface area contributed by atoms with E-state index < -0.39 is 5.91 Å². The molecule has 2 aromatic heterocycles. The molecule has 1 amide bonds. The summed E-state index contributed by atoms with van der Waals surface area (Å²) in [4.78, 5) is 16.8. The zero-order chi connectivity index (χ0) is 17.3. The van der Waals surface area contributed by atoms with Crippen LogP contribution in [0, 0.1) is 0 Å². The second-order valence-electron chi connectivity index (χ2n) is 7.65. The van der Waals surface area contributed by atoms with Gasteiger partial charge in [0.2, 0.25) is 0 Å². The minimum atomic E-state index is -0.399. The topological polar surface area (TPSA) is 75.0 Å². The van der Waals surface area contributed by atoms with Crippen molar-refractivity contribution in [1.82, 2.24) is 15.1 Å². The summed E-state index contributed by atoms with van der Waals surface area (Å²) in [5, 5.41) is 7.01. The number of carbonyl (C=O) groups excluding carboxylic acids is 1. The summed E-state index contributed by atoms with van der Waals surface area (Å²) >= 11 is 1.90. The first-order chi connectivity index (χ1) is 11.3. The lowest BCUT2D eigenvalue weighted by molar-refractivity contribution is 0.0997. The number of likely N-dealkylation sites (tertiary alicyclic amines) is 1. The maximum atomic E-state index is 11.5. The van der Waals surface area contributed by atoms with Crippen LogP contribution in [0.1, 0.15) is 65.3 Å². The number of thiophene rings is 1. The predicted molar refractivity (Wildman–Crippen MR) is 97.4 cm³/mol. The molecule has 2 aromatic rings. The Balaban J connectivity index is 1.69. The number of carbonyl (C=O) groups is 1. The minimum Gasteiger partial charge on any atom is -0.365 e. The standard InChI is InChI=1S/C18H26N4OS/c1-18(2,3)15-7-6-13(24-15)11-22-8-4-5-12(10-22)16-14(17(19)23)9-20-21-16/h6-7,9,12H,4-5,8,10-11H2,1-3H3,(H2,19,23)(H,20,21)/t12-/m1/s1. The summed E-state index contributed by atoms with van der Waals surface area (Å²) in [5.74, 6) is -0.102. The molecule has 0 aliphatic carbocycles. The van der Waals surface area contributed by atoms with Crippen LogP contribution in [0.15, 0.2) is 18.3 Å². The molecule has 24 heavy (non-hydrogen) atoms. The van der Waals surface area contributed by atoms with Gasteiger partial charge in [0.25, 0.3) is 5.91 Å². The summed E-state index contributed by atoms with van der Waals surface area (Å²) in [6.07, 6.45) is 3.74. The maximum Gasteiger partial charge on any atom is 0.252 e. The van der Waals surface area contributed by atoms with Gasteiger partial charge in [-0.2, -0.15) is 5.10 Å². The van der Waals surface area contributed by atoms with Crippen LogP contribution in [0.2, 0.25) is 0 Å². The number of hydrogen-bond acceptors (Lipinski definition) is 4. The van der Waals surface area contributed by atoms with E-state index in [2.05, 4.69) is 48.0 Å². The highest BCUT2D eigenvalue weighted by molar-refractivity contribution is 7.12. The molecule has 3 N–H and O–H groups in total. The second-order valence-corrected chi connectivity index (χ2v) is 8.82. The molecule has 1 atom stereocenters. The van der Waals surface area contributed by atoms with Gasteiger partial charge in [-0.15, -0.1) is 11.3 Å². The van der Waals surface area contributed by atoms with Gasteiger partial charge in [0.15, 0.2) is 0 Å². The molecule has 5 nitrogen and oxygen atoms in total. The van der Waals surface area contributed by atoms with Gasteiger partial charge < -0.3 is 5.73 Å². The van der Waals surface area contributed by atoms with E-state index in [0.717, 1.165) is 38.2 Å². The zero-order valence-corrected chi connectivity index (χ0v) is 15.4. The van der Waals surface area contributed by atoms with E-state index in [-0.39, 0.29) is 5.41 Å². The lowest BCUT2D eigenvalue weighted by atomic mass is 9.92. The quantitative estimate of drug-likeness (QED) is 0.892. The van der Waals surface area contributed by atoms with Crippen molar-refractivity contribution in [2.45, 2.75) is 51.5 Å². The summed E-state index contributed by atoms with van der Waals surface area (Å²) in [6, 6.07) is 4.50. The number of amides is 1. The molecule has 1 fully saturated rings. The van der Waals surface area contributed by atoms with Crippen molar-refractivity contribution in [2.75, 3.05) is 13.1 Å². The molecule has 0 aromatic carbocycles. The molecule has 6 heteroatoms. The van der Waals surface area contributed by atoms with E-state index in [9.17, 15) is 4.79 Å². The van der Waals surface area contributed by atoms with Gasteiger partial charge in [-0.05, 0) is 36.9 Å². The summed E-state index contributed by atoms with van der Waals surface area (Å²) in [7, 11) is 0. The van der Waals surface area contributed by atoms with E-state index in [1.165, 1.54) is 9.75 Å². The van der Waals surface area contributed by atoms with Crippen LogP contribution in [0.3, 0.4) is 0 Å². The molecule has 1 aliphatic heterocycles. The number of nitrogens with one attached hydrogen (secondary N) is 1. The molecule has 0 unspecified atom stereocenters. The van der Waals surface area contributed by atoms with Crippen molar-refractivity contribution in [1.29, 1.82) is 0 Å². The van der Waals surface area contributed by atoms with Crippen molar-refractivity contribution in [3.05, 3.63) is 39.3 Å². The Morgan fingerprint density at radius 1 is 1.46 bits per heavy atom. The highest BCUT2D eigenvalue weighted by atomic mass is 32.1. The van der Waals surface area contributed by atoms with Crippen molar-refractivity contribution >= 4 is 17.2 Å². The number of rotatable bonds is 4. The Bertz CT molecular complexity index is 713. The first-order valence-electron chi connectivity index (χ1n) is 8.49. The third-order valence-corrected chi connectivity index (χ3v) is 6.12. The molecule has 1 saturated heterocycles. The Kier molecular flexibility index (Phi) is 4.78. The molecule has 3 rings (SSSR count). The summed E-state index contributed by atoms with van der Waals surface area (Å²) in [5.41, 5.74) is 7.10. The molecule has 3 heterocycles. The highest BCUT2D eigenvalue weighted by Crippen LogP contribution is 2.32. The number of aromatic amines is 1. The van der Waals surface area contributed by atoms with E-state index in [4.69, 9.17) is 5.73 Å². The van der Waals surface area contributed by atoms with Gasteiger partial charge >= 0.3 is 0 Å². The molecule has 130 valence electrons. The first kappa shape index (κ1) is 17.2. The minimum absolute atomic E-state index is 0.208. The predicted octanol–water partition coefficient (Wildman–Crippen LogP) is 3.25. The molecule has 0 bridgehead atoms. The Morgan fingerprint density at radius 2 is 2.25 bits per heavy atom. The molecule has 0 radical (unpaired) electrons. The average molecular weight is 347 g/mol. The van der Waals surface area contributed by atoms with E-state index in [1.807, 2.05) is 11.3 Å². The van der Waals surface area contributed by atoms with Gasteiger partial charge in [-0.3, -0.25) is 14.8 Å². The van der Waals surface area contributed by atoms with Crippen LogP contribution in [-0.2, 0) is 12.0 Å². The largest absolute Gasteiger partial charge is 0.365 e. The number of H-pyrrole nitrogens is 1.